The number of rotatable bonds is 9. The molecule has 8 heteroatoms. The third-order valence-corrected chi connectivity index (χ3v) is 5.42. The maximum Gasteiger partial charge on any atom is 0.194 e. The Morgan fingerprint density at radius 1 is 1.27 bits per heavy atom. The summed E-state index contributed by atoms with van der Waals surface area (Å²) in [6.07, 6.45) is 3.44. The van der Waals surface area contributed by atoms with Crippen molar-refractivity contribution < 1.29 is 4.74 Å². The van der Waals surface area contributed by atoms with Gasteiger partial charge < -0.3 is 19.5 Å². The van der Waals surface area contributed by atoms with Crippen molar-refractivity contribution in [1.82, 2.24) is 25.0 Å². The number of guanidine groups is 1. The molecular weight excluding hydrogens is 491 g/mol. The Bertz CT molecular complexity index is 779. The molecule has 0 radical (unpaired) electrons. The summed E-state index contributed by atoms with van der Waals surface area (Å²) in [5, 5.41) is 11.9. The van der Waals surface area contributed by atoms with Gasteiger partial charge in [-0.3, -0.25) is 0 Å². The number of unbranched alkanes of at least 4 members (excludes halogenated alkanes) is 1. The van der Waals surface area contributed by atoms with E-state index in [0.717, 1.165) is 56.7 Å². The van der Waals surface area contributed by atoms with E-state index in [-0.39, 0.29) is 24.0 Å². The summed E-state index contributed by atoms with van der Waals surface area (Å²) >= 11 is 0. The molecular formula is C22H35IN6O. The number of aliphatic imine (C=N–C) groups is 1. The summed E-state index contributed by atoms with van der Waals surface area (Å²) in [7, 11) is 1.99. The van der Waals surface area contributed by atoms with E-state index in [1.54, 1.807) is 0 Å². The number of aromatic nitrogens is 3. The molecule has 0 aliphatic carbocycles. The van der Waals surface area contributed by atoms with Crippen LogP contribution in [-0.4, -0.2) is 51.9 Å². The van der Waals surface area contributed by atoms with Crippen LogP contribution in [0.2, 0.25) is 0 Å². The lowest BCUT2D eigenvalue weighted by Gasteiger charge is -2.22. The van der Waals surface area contributed by atoms with E-state index in [2.05, 4.69) is 51.6 Å². The molecule has 0 spiro atoms. The molecule has 1 aromatic heterocycles. The van der Waals surface area contributed by atoms with Crippen LogP contribution in [0.4, 0.5) is 0 Å². The fraction of sp³-hybridized carbons (Fsp3) is 0.591. The van der Waals surface area contributed by atoms with E-state index in [1.165, 1.54) is 12.0 Å². The van der Waals surface area contributed by atoms with E-state index in [9.17, 15) is 0 Å². The first-order chi connectivity index (χ1) is 14.2. The number of ether oxygens (including phenoxy) is 1. The van der Waals surface area contributed by atoms with Crippen LogP contribution >= 0.6 is 24.0 Å². The van der Waals surface area contributed by atoms with Gasteiger partial charge in [-0.2, -0.15) is 0 Å². The average molecular weight is 526 g/mol. The highest BCUT2D eigenvalue weighted by atomic mass is 127. The summed E-state index contributed by atoms with van der Waals surface area (Å²) in [5.41, 5.74) is 1.23. The summed E-state index contributed by atoms with van der Waals surface area (Å²) in [4.78, 5) is 7.21. The van der Waals surface area contributed by atoms with Gasteiger partial charge >= 0.3 is 0 Å². The summed E-state index contributed by atoms with van der Waals surface area (Å²) in [6.45, 7) is 9.10. The highest BCUT2D eigenvalue weighted by Gasteiger charge is 2.25. The molecule has 30 heavy (non-hydrogen) atoms. The van der Waals surface area contributed by atoms with E-state index >= 15 is 0 Å². The van der Waals surface area contributed by atoms with Crippen molar-refractivity contribution in [2.24, 2.45) is 18.0 Å². The van der Waals surface area contributed by atoms with Gasteiger partial charge in [-0.05, 0) is 25.3 Å². The van der Waals surface area contributed by atoms with E-state index in [1.807, 2.05) is 24.6 Å². The molecule has 2 aromatic rings. The number of aryl methyl sites for hydroxylation is 1. The first-order valence-electron chi connectivity index (χ1n) is 10.7. The van der Waals surface area contributed by atoms with Crippen molar-refractivity contribution in [3.05, 3.63) is 47.5 Å². The van der Waals surface area contributed by atoms with Crippen molar-refractivity contribution in [1.29, 1.82) is 0 Å². The molecule has 166 valence electrons. The zero-order valence-electron chi connectivity index (χ0n) is 18.4. The highest BCUT2D eigenvalue weighted by Crippen LogP contribution is 2.18. The third-order valence-electron chi connectivity index (χ3n) is 5.42. The normalized spacial score (nSPS) is 16.6. The third kappa shape index (κ3) is 7.23. The molecule has 1 aromatic carbocycles. The minimum Gasteiger partial charge on any atom is -0.376 e. The predicted octanol–water partition coefficient (Wildman–Crippen LogP) is 3.53. The lowest BCUT2D eigenvalue weighted by atomic mass is 10.1. The Balaban J connectivity index is 0.00000320. The minimum absolute atomic E-state index is 0. The molecule has 7 nitrogen and oxygen atoms in total. The van der Waals surface area contributed by atoms with Crippen LogP contribution < -0.4 is 5.32 Å². The topological polar surface area (TPSA) is 67.6 Å². The lowest BCUT2D eigenvalue weighted by molar-refractivity contribution is 0.0906. The molecule has 2 heterocycles. The summed E-state index contributed by atoms with van der Waals surface area (Å²) < 4.78 is 7.97. The number of hydrogen-bond acceptors (Lipinski definition) is 4. The van der Waals surface area contributed by atoms with E-state index < -0.39 is 0 Å². The molecule has 1 unspecified atom stereocenters. The van der Waals surface area contributed by atoms with Crippen molar-refractivity contribution >= 4 is 29.9 Å². The van der Waals surface area contributed by atoms with Crippen molar-refractivity contribution in [2.75, 3.05) is 26.2 Å². The van der Waals surface area contributed by atoms with Crippen LogP contribution in [0.25, 0.3) is 0 Å². The lowest BCUT2D eigenvalue weighted by Crippen LogP contribution is -2.40. The van der Waals surface area contributed by atoms with E-state index in [0.29, 0.717) is 19.1 Å². The number of benzene rings is 1. The second kappa shape index (κ2) is 12.9. The van der Waals surface area contributed by atoms with Crippen LogP contribution in [0.5, 0.6) is 0 Å². The second-order valence-corrected chi connectivity index (χ2v) is 7.74. The van der Waals surface area contributed by atoms with Gasteiger partial charge in [0, 0.05) is 32.6 Å². The van der Waals surface area contributed by atoms with Crippen LogP contribution in [0.15, 0.2) is 35.3 Å². The summed E-state index contributed by atoms with van der Waals surface area (Å²) in [5.74, 6) is 3.31. The number of nitrogens with one attached hydrogen (secondary N) is 1. The summed E-state index contributed by atoms with van der Waals surface area (Å²) in [6, 6.07) is 10.4. The van der Waals surface area contributed by atoms with Gasteiger partial charge in [0.25, 0.3) is 0 Å². The van der Waals surface area contributed by atoms with Crippen LogP contribution in [0, 0.1) is 12.8 Å². The van der Waals surface area contributed by atoms with Crippen molar-refractivity contribution in [3.8, 4) is 0 Å². The largest absolute Gasteiger partial charge is 0.376 e. The number of nitrogens with zero attached hydrogens (tertiary/aromatic N) is 5. The Labute approximate surface area is 197 Å². The number of halogens is 1. The molecule has 0 bridgehead atoms. The standard InChI is InChI=1S/C22H34N6O.HI/c1-4-5-12-23-22(24-14-21-26-25-18(2)27(21)3)28-13-11-20(15-28)17-29-16-19-9-7-6-8-10-19;/h6-10,20H,4-5,11-17H2,1-3H3,(H,23,24);1H. The molecule has 1 saturated heterocycles. The highest BCUT2D eigenvalue weighted by molar-refractivity contribution is 14.0. The van der Waals surface area contributed by atoms with Crippen molar-refractivity contribution in [2.45, 2.75) is 46.3 Å². The second-order valence-electron chi connectivity index (χ2n) is 7.74. The minimum atomic E-state index is 0. The zero-order valence-corrected chi connectivity index (χ0v) is 20.7. The monoisotopic (exact) mass is 526 g/mol. The fourth-order valence-electron chi connectivity index (χ4n) is 3.46. The SMILES string of the molecule is CCCCNC(=NCc1nnc(C)n1C)N1CCC(COCc2ccccc2)C1.I. The average Bonchev–Trinajstić information content (AvgIpc) is 3.33. The van der Waals surface area contributed by atoms with Crippen LogP contribution in [0.1, 0.15) is 43.4 Å². The van der Waals surface area contributed by atoms with Crippen molar-refractivity contribution in [3.63, 3.8) is 0 Å². The Hall–Kier alpha value is -1.68. The predicted molar refractivity (Wildman–Crippen MR) is 131 cm³/mol. The molecule has 1 atom stereocenters. The van der Waals surface area contributed by atoms with Gasteiger partial charge in [0.05, 0.1) is 13.2 Å². The number of hydrogen-bond donors (Lipinski definition) is 1. The molecule has 1 fully saturated rings. The molecule has 1 aliphatic rings. The fourth-order valence-corrected chi connectivity index (χ4v) is 3.46. The quantitative estimate of drug-likeness (QED) is 0.235. The Morgan fingerprint density at radius 3 is 2.77 bits per heavy atom. The van der Waals surface area contributed by atoms with Gasteiger partial charge in [-0.1, -0.05) is 43.7 Å². The molecule has 1 aliphatic heterocycles. The molecule has 0 amide bonds. The zero-order chi connectivity index (χ0) is 20.5. The number of likely N-dealkylation sites (tertiary alicyclic amines) is 1. The van der Waals surface area contributed by atoms with Gasteiger partial charge in [0.15, 0.2) is 11.8 Å². The van der Waals surface area contributed by atoms with E-state index in [4.69, 9.17) is 9.73 Å². The smallest absolute Gasteiger partial charge is 0.194 e. The molecule has 0 saturated carbocycles. The molecule has 3 rings (SSSR count). The molecule has 1 N–H and O–H groups in total. The Kier molecular flexibility index (Phi) is 10.6. The maximum absolute atomic E-state index is 5.97. The van der Waals surface area contributed by atoms with Crippen LogP contribution in [-0.2, 0) is 24.9 Å². The van der Waals surface area contributed by atoms with Gasteiger partial charge in [0.2, 0.25) is 0 Å². The van der Waals surface area contributed by atoms with Gasteiger partial charge in [-0.15, -0.1) is 34.2 Å². The van der Waals surface area contributed by atoms with Gasteiger partial charge in [0.1, 0.15) is 12.4 Å². The van der Waals surface area contributed by atoms with Crippen LogP contribution in [0.3, 0.4) is 0 Å². The Morgan fingerprint density at radius 2 is 2.07 bits per heavy atom. The van der Waals surface area contributed by atoms with Gasteiger partial charge in [-0.25, -0.2) is 4.99 Å². The first kappa shape index (κ1) is 24.6. The first-order valence-corrected chi connectivity index (χ1v) is 10.7. The maximum atomic E-state index is 5.97.